The number of aromatic hydroxyl groups is 1. The van der Waals surface area contributed by atoms with Crippen LogP contribution < -0.4 is 16.6 Å². The fraction of sp³-hybridized carbons (Fsp3) is 0.333. The number of nitrogens with zero attached hydrogens (tertiary/aromatic N) is 1. The SMILES string of the molecule is O=c1[nH]c2c(O)cccc2c(=O)n1CC1CNC1. The lowest BCUT2D eigenvalue weighted by Crippen LogP contribution is -2.48. The van der Waals surface area contributed by atoms with E-state index in [-0.39, 0.29) is 16.8 Å². The summed E-state index contributed by atoms with van der Waals surface area (Å²) in [7, 11) is 0. The quantitative estimate of drug-likeness (QED) is 0.675. The zero-order chi connectivity index (χ0) is 12.7. The number of fused-ring (bicyclic) bond motifs is 1. The van der Waals surface area contributed by atoms with Crippen molar-refractivity contribution in [2.75, 3.05) is 13.1 Å². The van der Waals surface area contributed by atoms with Gasteiger partial charge in [0, 0.05) is 25.6 Å². The molecule has 3 rings (SSSR count). The second kappa shape index (κ2) is 3.99. The second-order valence-corrected chi connectivity index (χ2v) is 4.57. The number of nitrogens with one attached hydrogen (secondary N) is 2. The average molecular weight is 247 g/mol. The van der Waals surface area contributed by atoms with Gasteiger partial charge in [-0.25, -0.2) is 4.79 Å². The molecule has 1 aliphatic rings. The van der Waals surface area contributed by atoms with Crippen LogP contribution in [0.2, 0.25) is 0 Å². The fourth-order valence-electron chi connectivity index (χ4n) is 2.16. The van der Waals surface area contributed by atoms with Crippen molar-refractivity contribution in [2.24, 2.45) is 5.92 Å². The smallest absolute Gasteiger partial charge is 0.328 e. The minimum Gasteiger partial charge on any atom is -0.506 e. The first-order chi connectivity index (χ1) is 8.66. The molecular weight excluding hydrogens is 234 g/mol. The van der Waals surface area contributed by atoms with Gasteiger partial charge in [-0.3, -0.25) is 9.36 Å². The van der Waals surface area contributed by atoms with E-state index >= 15 is 0 Å². The van der Waals surface area contributed by atoms with Crippen LogP contribution in [-0.4, -0.2) is 27.7 Å². The number of aromatic nitrogens is 2. The number of benzene rings is 1. The summed E-state index contributed by atoms with van der Waals surface area (Å²) < 4.78 is 1.20. The molecule has 2 aromatic rings. The molecule has 94 valence electrons. The van der Waals surface area contributed by atoms with Crippen molar-refractivity contribution in [1.82, 2.24) is 14.9 Å². The highest BCUT2D eigenvalue weighted by atomic mass is 16.3. The highest BCUT2D eigenvalue weighted by Gasteiger charge is 2.20. The van der Waals surface area contributed by atoms with Gasteiger partial charge in [-0.2, -0.15) is 0 Å². The van der Waals surface area contributed by atoms with Crippen LogP contribution in [0.25, 0.3) is 10.9 Å². The van der Waals surface area contributed by atoms with Gasteiger partial charge >= 0.3 is 5.69 Å². The van der Waals surface area contributed by atoms with Crippen LogP contribution in [0.1, 0.15) is 0 Å². The van der Waals surface area contributed by atoms with E-state index in [9.17, 15) is 14.7 Å². The molecule has 1 fully saturated rings. The molecule has 2 heterocycles. The Bertz CT molecular complexity index is 713. The molecule has 1 aromatic carbocycles. The highest BCUT2D eigenvalue weighted by Crippen LogP contribution is 2.17. The monoisotopic (exact) mass is 247 g/mol. The molecule has 1 aliphatic heterocycles. The van der Waals surface area contributed by atoms with Crippen LogP contribution >= 0.6 is 0 Å². The number of para-hydroxylation sites is 1. The molecule has 0 saturated carbocycles. The van der Waals surface area contributed by atoms with Crippen LogP contribution in [0.3, 0.4) is 0 Å². The van der Waals surface area contributed by atoms with E-state index < -0.39 is 5.69 Å². The summed E-state index contributed by atoms with van der Waals surface area (Å²) in [6, 6.07) is 4.63. The van der Waals surface area contributed by atoms with E-state index in [1.807, 2.05) is 0 Å². The number of rotatable bonds is 2. The standard InChI is InChI=1S/C12H13N3O3/c16-9-3-1-2-8-10(9)14-12(18)15(11(8)17)6-7-4-13-5-7/h1-3,7,13,16H,4-6H2,(H,14,18). The normalized spacial score (nSPS) is 15.8. The van der Waals surface area contributed by atoms with Crippen molar-refractivity contribution in [3.63, 3.8) is 0 Å². The summed E-state index contributed by atoms with van der Waals surface area (Å²) >= 11 is 0. The van der Waals surface area contributed by atoms with E-state index in [1.165, 1.54) is 10.6 Å². The van der Waals surface area contributed by atoms with Gasteiger partial charge in [0.25, 0.3) is 5.56 Å². The predicted octanol–water partition coefficient (Wildman–Crippen LogP) is -0.385. The van der Waals surface area contributed by atoms with Gasteiger partial charge in [0.2, 0.25) is 0 Å². The van der Waals surface area contributed by atoms with Gasteiger partial charge in [0.15, 0.2) is 0 Å². The van der Waals surface area contributed by atoms with Crippen molar-refractivity contribution in [1.29, 1.82) is 0 Å². The molecule has 3 N–H and O–H groups in total. The van der Waals surface area contributed by atoms with Crippen molar-refractivity contribution in [3.05, 3.63) is 39.0 Å². The molecular formula is C12H13N3O3. The third-order valence-electron chi connectivity index (χ3n) is 3.30. The average Bonchev–Trinajstić information content (AvgIpc) is 2.28. The fourth-order valence-corrected chi connectivity index (χ4v) is 2.16. The molecule has 0 unspecified atom stereocenters. The molecule has 1 aromatic heterocycles. The van der Waals surface area contributed by atoms with Crippen LogP contribution in [0.15, 0.2) is 27.8 Å². The van der Waals surface area contributed by atoms with Gasteiger partial charge in [-0.15, -0.1) is 0 Å². The third-order valence-corrected chi connectivity index (χ3v) is 3.30. The maximum atomic E-state index is 12.2. The number of hydrogen-bond donors (Lipinski definition) is 3. The molecule has 6 nitrogen and oxygen atoms in total. The molecule has 0 amide bonds. The molecule has 0 atom stereocenters. The molecule has 0 spiro atoms. The van der Waals surface area contributed by atoms with Gasteiger partial charge in [0.1, 0.15) is 5.75 Å². The van der Waals surface area contributed by atoms with E-state index in [0.29, 0.717) is 17.8 Å². The Balaban J connectivity index is 2.20. The summed E-state index contributed by atoms with van der Waals surface area (Å²) in [5.41, 5.74) is -0.618. The van der Waals surface area contributed by atoms with E-state index in [4.69, 9.17) is 0 Å². The lowest BCUT2D eigenvalue weighted by atomic mass is 10.0. The lowest BCUT2D eigenvalue weighted by Gasteiger charge is -2.27. The summed E-state index contributed by atoms with van der Waals surface area (Å²) in [5, 5.41) is 13.1. The van der Waals surface area contributed by atoms with Crippen LogP contribution in [0.4, 0.5) is 0 Å². The first-order valence-electron chi connectivity index (χ1n) is 5.82. The van der Waals surface area contributed by atoms with Crippen LogP contribution in [0.5, 0.6) is 5.75 Å². The Hall–Kier alpha value is -2.08. The summed E-state index contributed by atoms with van der Waals surface area (Å²) in [6.07, 6.45) is 0. The molecule has 18 heavy (non-hydrogen) atoms. The summed E-state index contributed by atoms with van der Waals surface area (Å²) in [5.74, 6) is 0.234. The molecule has 1 saturated heterocycles. The molecule has 0 aliphatic carbocycles. The third kappa shape index (κ3) is 1.62. The first kappa shape index (κ1) is 11.0. The van der Waals surface area contributed by atoms with Crippen molar-refractivity contribution in [2.45, 2.75) is 6.54 Å². The van der Waals surface area contributed by atoms with E-state index in [1.54, 1.807) is 12.1 Å². The van der Waals surface area contributed by atoms with Crippen molar-refractivity contribution in [3.8, 4) is 5.75 Å². The Kier molecular flexibility index (Phi) is 2.45. The maximum Gasteiger partial charge on any atom is 0.328 e. The predicted molar refractivity (Wildman–Crippen MR) is 66.9 cm³/mol. The number of phenols is 1. The zero-order valence-electron chi connectivity index (χ0n) is 9.64. The zero-order valence-corrected chi connectivity index (χ0v) is 9.64. The number of H-pyrrole nitrogens is 1. The largest absolute Gasteiger partial charge is 0.506 e. The molecule has 0 radical (unpaired) electrons. The second-order valence-electron chi connectivity index (χ2n) is 4.57. The Labute approximate surface area is 102 Å². The Morgan fingerprint density at radius 2 is 2.11 bits per heavy atom. The van der Waals surface area contributed by atoms with Crippen LogP contribution in [-0.2, 0) is 6.54 Å². The number of hydrogen-bond acceptors (Lipinski definition) is 4. The Morgan fingerprint density at radius 3 is 2.78 bits per heavy atom. The van der Waals surface area contributed by atoms with Gasteiger partial charge in [-0.05, 0) is 12.1 Å². The minimum absolute atomic E-state index is 0.0841. The van der Waals surface area contributed by atoms with Crippen LogP contribution in [0, 0.1) is 5.92 Å². The maximum absolute atomic E-state index is 12.2. The van der Waals surface area contributed by atoms with Crippen molar-refractivity contribution < 1.29 is 5.11 Å². The lowest BCUT2D eigenvalue weighted by molar-refractivity contribution is 0.299. The summed E-state index contributed by atoms with van der Waals surface area (Å²) in [4.78, 5) is 26.6. The first-order valence-corrected chi connectivity index (χ1v) is 5.82. The van der Waals surface area contributed by atoms with Crippen molar-refractivity contribution >= 4 is 10.9 Å². The highest BCUT2D eigenvalue weighted by molar-refractivity contribution is 5.82. The Morgan fingerprint density at radius 1 is 1.33 bits per heavy atom. The topological polar surface area (TPSA) is 87.1 Å². The van der Waals surface area contributed by atoms with Gasteiger partial charge < -0.3 is 15.4 Å². The number of phenolic OH excluding ortho intramolecular Hbond substituents is 1. The van der Waals surface area contributed by atoms with E-state index in [2.05, 4.69) is 10.3 Å². The van der Waals surface area contributed by atoms with E-state index in [0.717, 1.165) is 13.1 Å². The molecule has 6 heteroatoms. The van der Waals surface area contributed by atoms with Gasteiger partial charge in [0.05, 0.1) is 10.9 Å². The number of aromatic amines is 1. The summed E-state index contributed by atoms with van der Waals surface area (Å²) in [6.45, 7) is 2.06. The minimum atomic E-state index is -0.471. The van der Waals surface area contributed by atoms with Gasteiger partial charge in [-0.1, -0.05) is 6.07 Å². The molecule has 0 bridgehead atoms.